The largest absolute Gasteiger partial charge is 0.496 e. The quantitative estimate of drug-likeness (QED) is 0.606. The van der Waals surface area contributed by atoms with Gasteiger partial charge in [-0.05, 0) is 44.1 Å². The van der Waals surface area contributed by atoms with Crippen molar-refractivity contribution in [3.8, 4) is 5.75 Å². The van der Waals surface area contributed by atoms with Crippen molar-refractivity contribution >= 4 is 18.2 Å². The summed E-state index contributed by atoms with van der Waals surface area (Å²) in [5.74, 6) is 0.661. The Morgan fingerprint density at radius 2 is 2.17 bits per heavy atom. The van der Waals surface area contributed by atoms with Crippen molar-refractivity contribution in [2.75, 3.05) is 7.11 Å². The van der Waals surface area contributed by atoms with Crippen molar-refractivity contribution in [1.82, 2.24) is 15.6 Å². The van der Waals surface area contributed by atoms with Crippen LogP contribution in [0.4, 0.5) is 0 Å². The van der Waals surface area contributed by atoms with E-state index < -0.39 is 0 Å². The molecule has 0 aliphatic heterocycles. The van der Waals surface area contributed by atoms with Crippen molar-refractivity contribution in [2.24, 2.45) is 5.10 Å². The molecule has 6 nitrogen and oxygen atoms in total. The summed E-state index contributed by atoms with van der Waals surface area (Å²) in [5.41, 5.74) is 6.49. The molecule has 1 amide bonds. The number of benzene rings is 1. The third kappa shape index (κ3) is 4.81. The molecule has 2 aromatic rings. The van der Waals surface area contributed by atoms with Crippen molar-refractivity contribution in [3.05, 3.63) is 52.9 Å². The van der Waals surface area contributed by atoms with Crippen molar-refractivity contribution < 1.29 is 9.53 Å². The molecular formula is C18H22N4O2. The number of ether oxygens (including phenoxy) is 1. The fourth-order valence-electron chi connectivity index (χ4n) is 2.34. The highest BCUT2D eigenvalue weighted by atomic mass is 16.5. The van der Waals surface area contributed by atoms with Crippen LogP contribution in [0.1, 0.15) is 28.9 Å². The molecule has 0 aliphatic carbocycles. The lowest BCUT2D eigenvalue weighted by Crippen LogP contribution is -2.17. The van der Waals surface area contributed by atoms with Gasteiger partial charge in [0, 0.05) is 23.9 Å². The maximum absolute atomic E-state index is 11.8. The van der Waals surface area contributed by atoms with Gasteiger partial charge in [-0.25, -0.2) is 5.43 Å². The number of amides is 1. The molecule has 0 atom stereocenters. The van der Waals surface area contributed by atoms with E-state index in [0.717, 1.165) is 28.3 Å². The summed E-state index contributed by atoms with van der Waals surface area (Å²) in [7, 11) is 1.63. The minimum Gasteiger partial charge on any atom is -0.496 e. The molecule has 126 valence electrons. The van der Waals surface area contributed by atoms with Gasteiger partial charge in [-0.2, -0.15) is 10.2 Å². The number of H-pyrrole nitrogens is 1. The topological polar surface area (TPSA) is 79.4 Å². The summed E-state index contributed by atoms with van der Waals surface area (Å²) in [6, 6.07) is 7.67. The number of rotatable bonds is 7. The van der Waals surface area contributed by atoms with Crippen LogP contribution in [0.15, 0.2) is 35.4 Å². The molecule has 0 fully saturated rings. The lowest BCUT2D eigenvalue weighted by molar-refractivity contribution is -0.121. The third-order valence-corrected chi connectivity index (χ3v) is 3.65. The van der Waals surface area contributed by atoms with E-state index >= 15 is 0 Å². The standard InChI is InChI=1S/C18H22N4O2/c1-13-16(14(2)21-20-13)10-11-18(23)22-19-12-6-8-15-7-4-5-9-17(15)24-3/h4-9,12H,10-11H2,1-3H3,(H,20,21)(H,22,23)/b8-6+,19-12+. The summed E-state index contributed by atoms with van der Waals surface area (Å²) in [4.78, 5) is 11.8. The van der Waals surface area contributed by atoms with Gasteiger partial charge >= 0.3 is 0 Å². The van der Waals surface area contributed by atoms with E-state index in [1.165, 1.54) is 0 Å². The van der Waals surface area contributed by atoms with Crippen LogP contribution in [0.5, 0.6) is 5.75 Å². The van der Waals surface area contributed by atoms with E-state index in [0.29, 0.717) is 12.8 Å². The van der Waals surface area contributed by atoms with Crippen molar-refractivity contribution in [3.63, 3.8) is 0 Å². The minimum atomic E-state index is -0.128. The number of aryl methyl sites for hydroxylation is 2. The van der Waals surface area contributed by atoms with Crippen LogP contribution in [-0.2, 0) is 11.2 Å². The smallest absolute Gasteiger partial charge is 0.240 e. The normalized spacial score (nSPS) is 11.3. The van der Waals surface area contributed by atoms with Gasteiger partial charge in [0.05, 0.1) is 12.8 Å². The number of nitrogens with zero attached hydrogens (tertiary/aromatic N) is 2. The first-order valence-corrected chi connectivity index (χ1v) is 7.74. The molecule has 2 rings (SSSR count). The zero-order valence-electron chi connectivity index (χ0n) is 14.2. The van der Waals surface area contributed by atoms with Crippen LogP contribution < -0.4 is 10.2 Å². The van der Waals surface area contributed by atoms with E-state index in [-0.39, 0.29) is 5.91 Å². The third-order valence-electron chi connectivity index (χ3n) is 3.65. The Morgan fingerprint density at radius 1 is 1.38 bits per heavy atom. The average Bonchev–Trinajstić information content (AvgIpc) is 2.91. The molecule has 0 aliphatic rings. The number of aromatic amines is 1. The fourth-order valence-corrected chi connectivity index (χ4v) is 2.34. The molecule has 6 heteroatoms. The Kier molecular flexibility index (Phi) is 6.31. The van der Waals surface area contributed by atoms with Gasteiger partial charge in [-0.3, -0.25) is 9.89 Å². The Labute approximate surface area is 141 Å². The molecule has 0 unspecified atom stereocenters. The number of carbonyl (C=O) groups is 1. The highest BCUT2D eigenvalue weighted by Crippen LogP contribution is 2.18. The highest BCUT2D eigenvalue weighted by Gasteiger charge is 2.08. The van der Waals surface area contributed by atoms with Gasteiger partial charge < -0.3 is 4.74 Å². The average molecular weight is 326 g/mol. The van der Waals surface area contributed by atoms with Crippen molar-refractivity contribution in [1.29, 1.82) is 0 Å². The van der Waals surface area contributed by atoms with Crippen LogP contribution in [0, 0.1) is 13.8 Å². The Hall–Kier alpha value is -2.89. The van der Waals surface area contributed by atoms with Crippen LogP contribution >= 0.6 is 0 Å². The number of hydrogen-bond acceptors (Lipinski definition) is 4. The van der Waals surface area contributed by atoms with Gasteiger partial charge in [0.1, 0.15) is 5.75 Å². The second-order valence-electron chi connectivity index (χ2n) is 5.33. The van der Waals surface area contributed by atoms with E-state index in [1.54, 1.807) is 19.4 Å². The number of para-hydroxylation sites is 1. The second kappa shape index (κ2) is 8.67. The second-order valence-corrected chi connectivity index (χ2v) is 5.33. The first-order chi connectivity index (χ1) is 11.6. The zero-order chi connectivity index (χ0) is 17.4. The number of allylic oxidation sites excluding steroid dienone is 1. The van der Waals surface area contributed by atoms with E-state index in [1.807, 2.05) is 44.2 Å². The van der Waals surface area contributed by atoms with Crippen LogP contribution in [0.25, 0.3) is 6.08 Å². The lowest BCUT2D eigenvalue weighted by atomic mass is 10.1. The maximum Gasteiger partial charge on any atom is 0.240 e. The maximum atomic E-state index is 11.8. The molecule has 24 heavy (non-hydrogen) atoms. The molecule has 0 saturated carbocycles. The Morgan fingerprint density at radius 3 is 2.88 bits per heavy atom. The summed E-state index contributed by atoms with van der Waals surface area (Å²) >= 11 is 0. The summed E-state index contributed by atoms with van der Waals surface area (Å²) in [5, 5.41) is 10.9. The first-order valence-electron chi connectivity index (χ1n) is 7.74. The molecule has 1 heterocycles. The molecule has 0 radical (unpaired) electrons. The zero-order valence-corrected chi connectivity index (χ0v) is 14.2. The highest BCUT2D eigenvalue weighted by molar-refractivity contribution is 5.82. The predicted octanol–water partition coefficient (Wildman–Crippen LogP) is 2.78. The number of aromatic nitrogens is 2. The van der Waals surface area contributed by atoms with E-state index in [9.17, 15) is 4.79 Å². The van der Waals surface area contributed by atoms with Crippen LogP contribution in [0.2, 0.25) is 0 Å². The van der Waals surface area contributed by atoms with E-state index in [4.69, 9.17) is 4.74 Å². The number of methoxy groups -OCH3 is 1. The lowest BCUT2D eigenvalue weighted by Gasteiger charge is -2.02. The fraction of sp³-hybridized carbons (Fsp3) is 0.278. The molecule has 0 saturated heterocycles. The van der Waals surface area contributed by atoms with Gasteiger partial charge in [-0.15, -0.1) is 0 Å². The van der Waals surface area contributed by atoms with Gasteiger partial charge in [0.15, 0.2) is 0 Å². The van der Waals surface area contributed by atoms with Gasteiger partial charge in [0.2, 0.25) is 5.91 Å². The first kappa shape index (κ1) is 17.5. The molecule has 0 bridgehead atoms. The Balaban J connectivity index is 1.79. The minimum absolute atomic E-state index is 0.128. The number of nitrogens with one attached hydrogen (secondary N) is 2. The van der Waals surface area contributed by atoms with Gasteiger partial charge in [-0.1, -0.05) is 18.2 Å². The molecule has 2 N–H and O–H groups in total. The SMILES string of the molecule is COc1ccccc1/C=C/C=N/NC(=O)CCc1c(C)n[nH]c1C. The summed E-state index contributed by atoms with van der Waals surface area (Å²) < 4.78 is 5.25. The number of hydrogen-bond donors (Lipinski definition) is 2. The Bertz CT molecular complexity index is 728. The van der Waals surface area contributed by atoms with Crippen LogP contribution in [-0.4, -0.2) is 29.4 Å². The van der Waals surface area contributed by atoms with Crippen LogP contribution in [0.3, 0.4) is 0 Å². The monoisotopic (exact) mass is 326 g/mol. The molecule has 1 aromatic carbocycles. The molecular weight excluding hydrogens is 304 g/mol. The molecule has 0 spiro atoms. The van der Waals surface area contributed by atoms with E-state index in [2.05, 4.69) is 20.7 Å². The summed E-state index contributed by atoms with van der Waals surface area (Å²) in [6.45, 7) is 3.88. The summed E-state index contributed by atoms with van der Waals surface area (Å²) in [6.07, 6.45) is 6.18. The predicted molar refractivity (Wildman–Crippen MR) is 95.0 cm³/mol. The number of carbonyl (C=O) groups excluding carboxylic acids is 1. The van der Waals surface area contributed by atoms with Gasteiger partial charge in [0.25, 0.3) is 0 Å². The number of hydrazone groups is 1. The molecule has 1 aromatic heterocycles. The van der Waals surface area contributed by atoms with Crippen molar-refractivity contribution in [2.45, 2.75) is 26.7 Å².